The van der Waals surface area contributed by atoms with E-state index in [-0.39, 0.29) is 11.8 Å². The zero-order chi connectivity index (χ0) is 14.3. The van der Waals surface area contributed by atoms with E-state index < -0.39 is 6.04 Å². The summed E-state index contributed by atoms with van der Waals surface area (Å²) in [5, 5.41) is 5.17. The van der Waals surface area contributed by atoms with Crippen molar-refractivity contribution in [2.75, 3.05) is 26.1 Å². The number of hydrogen-bond acceptors (Lipinski definition) is 4. The second-order valence-corrected chi connectivity index (χ2v) is 4.00. The number of carbonyl (C=O) groups is 2. The Balaban J connectivity index is 2.76. The van der Waals surface area contributed by atoms with Crippen LogP contribution in [0.1, 0.15) is 16.8 Å². The molecule has 0 saturated carbocycles. The van der Waals surface area contributed by atoms with Gasteiger partial charge in [-0.15, -0.1) is 0 Å². The molecule has 4 N–H and O–H groups in total. The van der Waals surface area contributed by atoms with Gasteiger partial charge in [0.05, 0.1) is 17.3 Å². The van der Waals surface area contributed by atoms with Crippen LogP contribution in [-0.2, 0) is 9.53 Å². The SMILES string of the molecule is CNC(=O)c1ccccc1NC(=O)C(N)CCOC. The molecule has 1 aromatic carbocycles. The van der Waals surface area contributed by atoms with Crippen molar-refractivity contribution >= 4 is 17.5 Å². The molecule has 0 aliphatic rings. The Morgan fingerprint density at radius 1 is 1.37 bits per heavy atom. The Labute approximate surface area is 112 Å². The molecule has 19 heavy (non-hydrogen) atoms. The molecular weight excluding hydrogens is 246 g/mol. The highest BCUT2D eigenvalue weighted by Crippen LogP contribution is 2.15. The zero-order valence-corrected chi connectivity index (χ0v) is 11.1. The number of nitrogens with two attached hydrogens (primary N) is 1. The molecule has 0 fully saturated rings. The second kappa shape index (κ2) is 7.50. The standard InChI is InChI=1S/C13H19N3O3/c1-15-12(17)9-5-3-4-6-11(9)16-13(18)10(14)7-8-19-2/h3-6,10H,7-8,14H2,1-2H3,(H,15,17)(H,16,18). The molecule has 104 valence electrons. The molecule has 0 aliphatic heterocycles. The summed E-state index contributed by atoms with van der Waals surface area (Å²) >= 11 is 0. The van der Waals surface area contributed by atoms with Crippen molar-refractivity contribution in [2.24, 2.45) is 5.73 Å². The van der Waals surface area contributed by atoms with Gasteiger partial charge in [0, 0.05) is 20.8 Å². The van der Waals surface area contributed by atoms with Crippen LogP contribution in [0.15, 0.2) is 24.3 Å². The summed E-state index contributed by atoms with van der Waals surface area (Å²) in [5.41, 5.74) is 6.56. The summed E-state index contributed by atoms with van der Waals surface area (Å²) in [5.74, 6) is -0.602. The topological polar surface area (TPSA) is 93.5 Å². The lowest BCUT2D eigenvalue weighted by atomic mass is 10.1. The summed E-state index contributed by atoms with van der Waals surface area (Å²) in [4.78, 5) is 23.5. The van der Waals surface area contributed by atoms with Crippen molar-refractivity contribution in [3.05, 3.63) is 29.8 Å². The molecule has 0 bridgehead atoms. The van der Waals surface area contributed by atoms with Crippen LogP contribution < -0.4 is 16.4 Å². The summed E-state index contributed by atoms with van der Waals surface area (Å²) in [7, 11) is 3.08. The fourth-order valence-corrected chi connectivity index (χ4v) is 1.53. The van der Waals surface area contributed by atoms with E-state index in [9.17, 15) is 9.59 Å². The summed E-state index contributed by atoms with van der Waals surface area (Å²) in [6.45, 7) is 0.408. The Morgan fingerprint density at radius 2 is 2.05 bits per heavy atom. The summed E-state index contributed by atoms with van der Waals surface area (Å²) < 4.78 is 4.87. The molecule has 0 aromatic heterocycles. The van der Waals surface area contributed by atoms with Gasteiger partial charge in [0.15, 0.2) is 0 Å². The molecule has 0 spiro atoms. The maximum Gasteiger partial charge on any atom is 0.253 e. The first-order valence-electron chi connectivity index (χ1n) is 5.96. The van der Waals surface area contributed by atoms with Crippen LogP contribution in [-0.4, -0.2) is 38.6 Å². The average Bonchev–Trinajstić information content (AvgIpc) is 2.44. The largest absolute Gasteiger partial charge is 0.385 e. The highest BCUT2D eigenvalue weighted by molar-refractivity contribution is 6.04. The minimum Gasteiger partial charge on any atom is -0.385 e. The maximum atomic E-state index is 11.9. The van der Waals surface area contributed by atoms with E-state index in [4.69, 9.17) is 10.5 Å². The number of hydrogen-bond donors (Lipinski definition) is 3. The number of para-hydroxylation sites is 1. The van der Waals surface area contributed by atoms with E-state index >= 15 is 0 Å². The first kappa shape index (κ1) is 15.1. The molecular formula is C13H19N3O3. The van der Waals surface area contributed by atoms with Gasteiger partial charge in [-0.3, -0.25) is 9.59 Å². The maximum absolute atomic E-state index is 11.9. The van der Waals surface area contributed by atoms with Crippen LogP contribution in [0.2, 0.25) is 0 Å². The highest BCUT2D eigenvalue weighted by atomic mass is 16.5. The number of ether oxygens (including phenoxy) is 1. The van der Waals surface area contributed by atoms with Crippen LogP contribution >= 0.6 is 0 Å². The minimum absolute atomic E-state index is 0.263. The molecule has 1 unspecified atom stereocenters. The number of carbonyl (C=O) groups excluding carboxylic acids is 2. The van der Waals surface area contributed by atoms with E-state index in [0.29, 0.717) is 24.3 Å². The Hall–Kier alpha value is -1.92. The van der Waals surface area contributed by atoms with Gasteiger partial charge in [-0.25, -0.2) is 0 Å². The van der Waals surface area contributed by atoms with Gasteiger partial charge in [-0.1, -0.05) is 12.1 Å². The van der Waals surface area contributed by atoms with Gasteiger partial charge >= 0.3 is 0 Å². The minimum atomic E-state index is -0.669. The van der Waals surface area contributed by atoms with Crippen LogP contribution in [0.25, 0.3) is 0 Å². The molecule has 2 amide bonds. The third kappa shape index (κ3) is 4.35. The first-order valence-corrected chi connectivity index (χ1v) is 5.96. The van der Waals surface area contributed by atoms with E-state index in [2.05, 4.69) is 10.6 Å². The van der Waals surface area contributed by atoms with Crippen molar-refractivity contribution in [3.63, 3.8) is 0 Å². The molecule has 0 radical (unpaired) electrons. The van der Waals surface area contributed by atoms with Crippen LogP contribution in [0.4, 0.5) is 5.69 Å². The Bertz CT molecular complexity index is 449. The number of nitrogens with one attached hydrogen (secondary N) is 2. The molecule has 6 nitrogen and oxygen atoms in total. The van der Waals surface area contributed by atoms with E-state index in [1.807, 2.05) is 0 Å². The predicted octanol–water partition coefficient (Wildman–Crippen LogP) is 0.348. The van der Waals surface area contributed by atoms with Gasteiger partial charge in [0.2, 0.25) is 5.91 Å². The lowest BCUT2D eigenvalue weighted by molar-refractivity contribution is -0.117. The normalized spacial score (nSPS) is 11.7. The monoisotopic (exact) mass is 265 g/mol. The van der Waals surface area contributed by atoms with Crippen LogP contribution in [0.5, 0.6) is 0 Å². The van der Waals surface area contributed by atoms with Crippen molar-refractivity contribution in [3.8, 4) is 0 Å². The third-order valence-electron chi connectivity index (χ3n) is 2.63. The van der Waals surface area contributed by atoms with Crippen molar-refractivity contribution in [1.82, 2.24) is 5.32 Å². The number of benzene rings is 1. The smallest absolute Gasteiger partial charge is 0.253 e. The average molecular weight is 265 g/mol. The first-order chi connectivity index (χ1) is 9.10. The van der Waals surface area contributed by atoms with E-state index in [0.717, 1.165) is 0 Å². The molecule has 6 heteroatoms. The van der Waals surface area contributed by atoms with E-state index in [1.165, 1.54) is 7.05 Å². The van der Waals surface area contributed by atoms with Crippen molar-refractivity contribution < 1.29 is 14.3 Å². The van der Waals surface area contributed by atoms with Gasteiger partial charge in [-0.2, -0.15) is 0 Å². The molecule has 1 aromatic rings. The number of amides is 2. The number of rotatable bonds is 6. The molecule has 1 atom stereocenters. The summed E-state index contributed by atoms with van der Waals surface area (Å²) in [6.07, 6.45) is 0.421. The van der Waals surface area contributed by atoms with Gasteiger partial charge in [-0.05, 0) is 18.6 Å². The fraction of sp³-hybridized carbons (Fsp3) is 0.385. The third-order valence-corrected chi connectivity index (χ3v) is 2.63. The predicted molar refractivity (Wildman–Crippen MR) is 72.9 cm³/mol. The van der Waals surface area contributed by atoms with Gasteiger partial charge in [0.1, 0.15) is 0 Å². The van der Waals surface area contributed by atoms with Crippen molar-refractivity contribution in [2.45, 2.75) is 12.5 Å². The number of methoxy groups -OCH3 is 1. The number of anilines is 1. The van der Waals surface area contributed by atoms with E-state index in [1.54, 1.807) is 31.4 Å². The molecule has 0 heterocycles. The lowest BCUT2D eigenvalue weighted by Crippen LogP contribution is -2.37. The van der Waals surface area contributed by atoms with Crippen LogP contribution in [0, 0.1) is 0 Å². The Kier molecular flexibility index (Phi) is 5.98. The molecule has 1 rings (SSSR count). The van der Waals surface area contributed by atoms with Gasteiger partial charge < -0.3 is 21.1 Å². The van der Waals surface area contributed by atoms with Gasteiger partial charge in [0.25, 0.3) is 5.91 Å². The van der Waals surface area contributed by atoms with Crippen molar-refractivity contribution in [1.29, 1.82) is 0 Å². The molecule has 0 saturated heterocycles. The summed E-state index contributed by atoms with van der Waals surface area (Å²) in [6, 6.07) is 6.09. The Morgan fingerprint density at radius 3 is 2.68 bits per heavy atom. The quantitative estimate of drug-likeness (QED) is 0.692. The zero-order valence-electron chi connectivity index (χ0n) is 11.1. The lowest BCUT2D eigenvalue weighted by Gasteiger charge is -2.14. The second-order valence-electron chi connectivity index (χ2n) is 4.00. The molecule has 0 aliphatic carbocycles. The van der Waals surface area contributed by atoms with Crippen LogP contribution in [0.3, 0.4) is 0 Å². The highest BCUT2D eigenvalue weighted by Gasteiger charge is 2.16. The fourth-order valence-electron chi connectivity index (χ4n) is 1.53.